The van der Waals surface area contributed by atoms with Gasteiger partial charge in [0.15, 0.2) is 0 Å². The van der Waals surface area contributed by atoms with Crippen LogP contribution in [0.1, 0.15) is 5.56 Å². The number of benzene rings is 2. The van der Waals surface area contributed by atoms with Crippen LogP contribution in [0.25, 0.3) is 11.3 Å². The third kappa shape index (κ3) is 3.83. The minimum Gasteiger partial charge on any atom is -0.323 e. The molecule has 0 saturated carbocycles. The van der Waals surface area contributed by atoms with Crippen molar-refractivity contribution in [3.63, 3.8) is 0 Å². The van der Waals surface area contributed by atoms with Crippen molar-refractivity contribution < 1.29 is 4.79 Å². The molecule has 0 aliphatic heterocycles. The molecule has 1 N–H and O–H groups in total. The smallest absolute Gasteiger partial charge is 0.246 e. The predicted molar refractivity (Wildman–Crippen MR) is 98.0 cm³/mol. The van der Waals surface area contributed by atoms with Gasteiger partial charge in [0.1, 0.15) is 12.2 Å². The molecule has 0 saturated heterocycles. The Hall–Kier alpha value is -2.18. The molecule has 24 heavy (non-hydrogen) atoms. The van der Waals surface area contributed by atoms with Gasteiger partial charge in [0.25, 0.3) is 0 Å². The van der Waals surface area contributed by atoms with Crippen molar-refractivity contribution in [1.29, 1.82) is 0 Å². The van der Waals surface area contributed by atoms with E-state index in [1.165, 1.54) is 4.68 Å². The van der Waals surface area contributed by atoms with E-state index in [1.807, 2.05) is 43.3 Å². The third-order valence-corrected chi connectivity index (χ3v) is 4.19. The van der Waals surface area contributed by atoms with Crippen molar-refractivity contribution in [2.75, 3.05) is 5.32 Å². The summed E-state index contributed by atoms with van der Waals surface area (Å²) in [5.74, 6) is -0.216. The number of hydrogen-bond acceptors (Lipinski definition) is 3. The monoisotopic (exact) mass is 404 g/mol. The maximum atomic E-state index is 12.2. The summed E-state index contributed by atoms with van der Waals surface area (Å²) in [4.78, 5) is 12.2. The van der Waals surface area contributed by atoms with E-state index in [9.17, 15) is 4.79 Å². The fourth-order valence-electron chi connectivity index (χ4n) is 2.30. The van der Waals surface area contributed by atoms with Gasteiger partial charge in [0.2, 0.25) is 5.91 Å². The fourth-order valence-corrected chi connectivity index (χ4v) is 3.32. The summed E-state index contributed by atoms with van der Waals surface area (Å²) in [6, 6.07) is 13.3. The summed E-state index contributed by atoms with van der Waals surface area (Å²) >= 11 is 9.56. The number of anilines is 1. The van der Waals surface area contributed by atoms with Gasteiger partial charge in [-0.3, -0.25) is 4.79 Å². The maximum absolute atomic E-state index is 12.2. The summed E-state index contributed by atoms with van der Waals surface area (Å²) in [5, 5.41) is 11.4. The second-order valence-electron chi connectivity index (χ2n) is 5.30. The van der Waals surface area contributed by atoms with E-state index in [1.54, 1.807) is 12.3 Å². The summed E-state index contributed by atoms with van der Waals surface area (Å²) in [5.41, 5.74) is 3.16. The number of hydrogen-bond donors (Lipinski definition) is 1. The number of nitrogens with zero attached hydrogens (tertiary/aromatic N) is 3. The SMILES string of the molecule is Cc1cc(Br)cc(Cl)c1NC(=O)Cn1cc(-c2ccccc2)nn1. The Kier molecular flexibility index (Phi) is 4.97. The number of aryl methyl sites for hydroxylation is 1. The van der Waals surface area contributed by atoms with E-state index in [0.29, 0.717) is 10.7 Å². The number of halogens is 2. The Bertz CT molecular complexity index is 856. The molecule has 0 bridgehead atoms. The van der Waals surface area contributed by atoms with Gasteiger partial charge in [-0.05, 0) is 24.6 Å². The zero-order valence-electron chi connectivity index (χ0n) is 12.8. The lowest BCUT2D eigenvalue weighted by atomic mass is 10.2. The van der Waals surface area contributed by atoms with E-state index in [0.717, 1.165) is 21.3 Å². The van der Waals surface area contributed by atoms with Crippen LogP contribution in [0.3, 0.4) is 0 Å². The van der Waals surface area contributed by atoms with Crippen LogP contribution in [0.5, 0.6) is 0 Å². The van der Waals surface area contributed by atoms with Gasteiger partial charge < -0.3 is 5.32 Å². The van der Waals surface area contributed by atoms with Gasteiger partial charge in [-0.1, -0.05) is 63.1 Å². The lowest BCUT2D eigenvalue weighted by Gasteiger charge is -2.11. The lowest BCUT2D eigenvalue weighted by Crippen LogP contribution is -2.20. The van der Waals surface area contributed by atoms with E-state index < -0.39 is 0 Å². The highest BCUT2D eigenvalue weighted by Gasteiger charge is 2.12. The molecule has 5 nitrogen and oxygen atoms in total. The van der Waals surface area contributed by atoms with Gasteiger partial charge in [-0.15, -0.1) is 5.10 Å². The minimum absolute atomic E-state index is 0.0612. The molecule has 7 heteroatoms. The second kappa shape index (κ2) is 7.15. The lowest BCUT2D eigenvalue weighted by molar-refractivity contribution is -0.116. The van der Waals surface area contributed by atoms with Gasteiger partial charge >= 0.3 is 0 Å². The summed E-state index contributed by atoms with van der Waals surface area (Å²) in [6.07, 6.45) is 1.74. The molecule has 3 rings (SSSR count). The molecule has 0 fully saturated rings. The number of nitrogens with one attached hydrogen (secondary N) is 1. The van der Waals surface area contributed by atoms with Crippen LogP contribution in [-0.2, 0) is 11.3 Å². The van der Waals surface area contributed by atoms with Crippen molar-refractivity contribution >= 4 is 39.1 Å². The predicted octanol–water partition coefficient (Wildman–Crippen LogP) is 4.31. The normalized spacial score (nSPS) is 10.6. The first-order valence-electron chi connectivity index (χ1n) is 7.24. The topological polar surface area (TPSA) is 59.8 Å². The zero-order valence-corrected chi connectivity index (χ0v) is 15.2. The van der Waals surface area contributed by atoms with Crippen molar-refractivity contribution in [2.24, 2.45) is 0 Å². The first kappa shape index (κ1) is 16.7. The van der Waals surface area contributed by atoms with Crippen LogP contribution in [0.15, 0.2) is 53.1 Å². The van der Waals surface area contributed by atoms with E-state index in [4.69, 9.17) is 11.6 Å². The Labute approximate surface area is 152 Å². The standard InChI is InChI=1S/C17H14BrClN4O/c1-11-7-13(18)8-14(19)17(11)20-16(24)10-23-9-15(21-22-23)12-5-3-2-4-6-12/h2-9H,10H2,1H3,(H,20,24). The molecule has 0 spiro atoms. The number of carbonyl (C=O) groups excluding carboxylic acids is 1. The van der Waals surface area contributed by atoms with Crippen LogP contribution in [0.2, 0.25) is 5.02 Å². The minimum atomic E-state index is -0.216. The van der Waals surface area contributed by atoms with Crippen molar-refractivity contribution in [3.05, 3.63) is 63.7 Å². The largest absolute Gasteiger partial charge is 0.323 e. The average Bonchev–Trinajstić information content (AvgIpc) is 3.00. The molecule has 0 aliphatic carbocycles. The van der Waals surface area contributed by atoms with Gasteiger partial charge in [0.05, 0.1) is 16.9 Å². The van der Waals surface area contributed by atoms with Crippen LogP contribution in [-0.4, -0.2) is 20.9 Å². The Morgan fingerprint density at radius 1 is 1.29 bits per heavy atom. The van der Waals surface area contributed by atoms with Gasteiger partial charge in [-0.2, -0.15) is 0 Å². The molecular weight excluding hydrogens is 392 g/mol. The fraction of sp³-hybridized carbons (Fsp3) is 0.118. The molecule has 0 atom stereocenters. The number of amides is 1. The highest BCUT2D eigenvalue weighted by atomic mass is 79.9. The van der Waals surface area contributed by atoms with E-state index in [-0.39, 0.29) is 12.5 Å². The van der Waals surface area contributed by atoms with Crippen molar-refractivity contribution in [1.82, 2.24) is 15.0 Å². The highest BCUT2D eigenvalue weighted by Crippen LogP contribution is 2.29. The molecule has 3 aromatic rings. The molecule has 2 aromatic carbocycles. The quantitative estimate of drug-likeness (QED) is 0.703. The third-order valence-electron chi connectivity index (χ3n) is 3.43. The molecule has 0 radical (unpaired) electrons. The number of aromatic nitrogens is 3. The van der Waals surface area contributed by atoms with Crippen LogP contribution in [0, 0.1) is 6.92 Å². The highest BCUT2D eigenvalue weighted by molar-refractivity contribution is 9.10. The summed E-state index contributed by atoms with van der Waals surface area (Å²) < 4.78 is 2.37. The summed E-state index contributed by atoms with van der Waals surface area (Å²) in [7, 11) is 0. The first-order valence-corrected chi connectivity index (χ1v) is 8.41. The number of rotatable bonds is 4. The van der Waals surface area contributed by atoms with E-state index >= 15 is 0 Å². The summed E-state index contributed by atoms with van der Waals surface area (Å²) in [6.45, 7) is 1.95. The van der Waals surface area contributed by atoms with Gasteiger partial charge in [-0.25, -0.2) is 4.68 Å². The van der Waals surface area contributed by atoms with Crippen LogP contribution in [0.4, 0.5) is 5.69 Å². The Morgan fingerprint density at radius 2 is 2.04 bits per heavy atom. The molecule has 1 aromatic heterocycles. The molecule has 1 amide bonds. The van der Waals surface area contributed by atoms with Crippen molar-refractivity contribution in [3.8, 4) is 11.3 Å². The Morgan fingerprint density at radius 3 is 2.75 bits per heavy atom. The maximum Gasteiger partial charge on any atom is 0.246 e. The Balaban J connectivity index is 1.71. The second-order valence-corrected chi connectivity index (χ2v) is 6.62. The average molecular weight is 406 g/mol. The van der Waals surface area contributed by atoms with Crippen LogP contribution < -0.4 is 5.32 Å². The first-order chi connectivity index (χ1) is 11.5. The molecule has 1 heterocycles. The molecular formula is C17H14BrClN4O. The van der Waals surface area contributed by atoms with Crippen LogP contribution >= 0.6 is 27.5 Å². The zero-order chi connectivity index (χ0) is 17.1. The van der Waals surface area contributed by atoms with Crippen molar-refractivity contribution in [2.45, 2.75) is 13.5 Å². The molecule has 0 unspecified atom stereocenters. The molecule has 122 valence electrons. The molecule has 0 aliphatic rings. The number of carbonyl (C=O) groups is 1. The van der Waals surface area contributed by atoms with E-state index in [2.05, 4.69) is 31.6 Å². The van der Waals surface area contributed by atoms with Gasteiger partial charge in [0, 0.05) is 10.0 Å².